The molecule has 0 unspecified atom stereocenters. The number of hydrogen-bond acceptors (Lipinski definition) is 3. The third kappa shape index (κ3) is 3.57. The van der Waals surface area contributed by atoms with E-state index in [1.807, 2.05) is 12.1 Å². The molecule has 2 aromatic rings. The number of aromatic hydroxyl groups is 1. The number of ether oxygens (including phenoxy) is 1. The molecule has 6 heteroatoms. The van der Waals surface area contributed by atoms with Crippen molar-refractivity contribution in [2.75, 3.05) is 6.61 Å². The zero-order valence-electron chi connectivity index (χ0n) is 14.3. The third-order valence-corrected chi connectivity index (χ3v) is 6.57. The molecular weight excluding hydrogens is 328 g/mol. The van der Waals surface area contributed by atoms with Gasteiger partial charge >= 0.3 is 0 Å². The van der Waals surface area contributed by atoms with E-state index >= 15 is 0 Å². The van der Waals surface area contributed by atoms with E-state index < -0.39 is 8.07 Å². The Morgan fingerprint density at radius 1 is 1.39 bits per heavy atom. The van der Waals surface area contributed by atoms with Crippen molar-refractivity contribution in [2.45, 2.75) is 51.7 Å². The Morgan fingerprint density at radius 2 is 2.09 bits per heavy atom. The van der Waals surface area contributed by atoms with Crippen molar-refractivity contribution in [3.63, 3.8) is 0 Å². The summed E-state index contributed by atoms with van der Waals surface area (Å²) >= 11 is 6.26. The second-order valence-electron chi connectivity index (χ2n) is 7.86. The highest BCUT2D eigenvalue weighted by molar-refractivity contribution is 6.76. The van der Waals surface area contributed by atoms with Crippen molar-refractivity contribution in [1.82, 2.24) is 9.78 Å². The number of rotatable bonds is 6. The molecule has 3 rings (SSSR count). The first-order chi connectivity index (χ1) is 10.8. The summed E-state index contributed by atoms with van der Waals surface area (Å²) in [6.07, 6.45) is 1.13. The largest absolute Gasteiger partial charge is 0.507 e. The van der Waals surface area contributed by atoms with Gasteiger partial charge in [-0.3, -0.25) is 0 Å². The standard InChI is InChI=1S/C17H25ClN2O2Si/c1-11-9-13(11)12-5-6-14-15(16(12)21)17(18)19-20(14)10-22-7-8-23(2,3)4/h5-6,11,13,21H,7-10H2,1-4H3/t11-,13+/m1/s1. The molecule has 2 atom stereocenters. The molecule has 1 N–H and O–H groups in total. The summed E-state index contributed by atoms with van der Waals surface area (Å²) in [6, 6.07) is 5.12. The number of hydrogen-bond donors (Lipinski definition) is 1. The lowest BCUT2D eigenvalue weighted by molar-refractivity contribution is 0.0817. The quantitative estimate of drug-likeness (QED) is 0.598. The lowest BCUT2D eigenvalue weighted by Gasteiger charge is -2.15. The number of phenols is 1. The molecule has 0 spiro atoms. The molecule has 1 heterocycles. The van der Waals surface area contributed by atoms with Gasteiger partial charge in [0.2, 0.25) is 0 Å². The van der Waals surface area contributed by atoms with Crippen LogP contribution in [0.3, 0.4) is 0 Å². The minimum Gasteiger partial charge on any atom is -0.507 e. The molecule has 0 amide bonds. The fraction of sp³-hybridized carbons (Fsp3) is 0.588. The lowest BCUT2D eigenvalue weighted by Crippen LogP contribution is -2.22. The lowest BCUT2D eigenvalue weighted by atomic mass is 10.1. The van der Waals surface area contributed by atoms with E-state index in [9.17, 15) is 5.11 Å². The van der Waals surface area contributed by atoms with Crippen LogP contribution in [0.25, 0.3) is 10.9 Å². The van der Waals surface area contributed by atoms with Crippen molar-refractivity contribution < 1.29 is 9.84 Å². The van der Waals surface area contributed by atoms with E-state index in [0.29, 0.717) is 29.1 Å². The molecule has 1 aromatic carbocycles. The number of nitrogens with zero attached hydrogens (tertiary/aromatic N) is 2. The second kappa shape index (κ2) is 6.11. The van der Waals surface area contributed by atoms with Gasteiger partial charge in [0.25, 0.3) is 0 Å². The molecule has 1 aromatic heterocycles. The van der Waals surface area contributed by atoms with E-state index in [-0.39, 0.29) is 5.75 Å². The summed E-state index contributed by atoms with van der Waals surface area (Å²) in [5.41, 5.74) is 1.82. The number of aromatic nitrogens is 2. The first-order valence-electron chi connectivity index (χ1n) is 8.23. The smallest absolute Gasteiger partial charge is 0.162 e. The third-order valence-electron chi connectivity index (χ3n) is 4.60. The fourth-order valence-corrected chi connectivity index (χ4v) is 3.94. The van der Waals surface area contributed by atoms with Gasteiger partial charge < -0.3 is 9.84 Å². The number of phenolic OH excluding ortho intramolecular Hbond substituents is 1. The number of fused-ring (bicyclic) bond motifs is 1. The Balaban J connectivity index is 1.79. The van der Waals surface area contributed by atoms with Crippen LogP contribution in [-0.4, -0.2) is 29.6 Å². The Bertz CT molecular complexity index is 723. The Labute approximate surface area is 143 Å². The van der Waals surface area contributed by atoms with Crippen LogP contribution in [0.15, 0.2) is 12.1 Å². The summed E-state index contributed by atoms with van der Waals surface area (Å²) in [5, 5.41) is 15.9. The minimum atomic E-state index is -1.09. The predicted octanol–water partition coefficient (Wildman–Crippen LogP) is 4.83. The summed E-state index contributed by atoms with van der Waals surface area (Å²) in [7, 11) is -1.09. The van der Waals surface area contributed by atoms with Crippen molar-refractivity contribution in [2.24, 2.45) is 5.92 Å². The highest BCUT2D eigenvalue weighted by Gasteiger charge is 2.36. The first-order valence-corrected chi connectivity index (χ1v) is 12.3. The van der Waals surface area contributed by atoms with Crippen LogP contribution in [0.2, 0.25) is 30.8 Å². The molecule has 126 valence electrons. The molecule has 4 nitrogen and oxygen atoms in total. The van der Waals surface area contributed by atoms with Gasteiger partial charge in [-0.2, -0.15) is 5.10 Å². The van der Waals surface area contributed by atoms with Crippen LogP contribution >= 0.6 is 11.6 Å². The summed E-state index contributed by atoms with van der Waals surface area (Å²) in [4.78, 5) is 0. The summed E-state index contributed by atoms with van der Waals surface area (Å²) in [6.45, 7) is 10.3. The molecule has 0 bridgehead atoms. The molecule has 1 aliphatic rings. The summed E-state index contributed by atoms with van der Waals surface area (Å²) in [5.74, 6) is 1.37. The molecule has 0 saturated heterocycles. The SMILES string of the molecule is C[C@@H]1C[C@@H]1c1ccc2c(c(Cl)nn2COCC[Si](C)(C)C)c1O. The summed E-state index contributed by atoms with van der Waals surface area (Å²) < 4.78 is 7.50. The van der Waals surface area contributed by atoms with Crippen molar-refractivity contribution in [3.05, 3.63) is 22.8 Å². The van der Waals surface area contributed by atoms with E-state index in [1.165, 1.54) is 0 Å². The highest BCUT2D eigenvalue weighted by Crippen LogP contribution is 2.51. The normalized spacial score (nSPS) is 21.1. The molecule has 1 aliphatic carbocycles. The van der Waals surface area contributed by atoms with E-state index in [1.54, 1.807) is 4.68 Å². The van der Waals surface area contributed by atoms with Crippen LogP contribution in [0.4, 0.5) is 0 Å². The van der Waals surface area contributed by atoms with Crippen LogP contribution in [0, 0.1) is 5.92 Å². The molecule has 1 saturated carbocycles. The van der Waals surface area contributed by atoms with E-state index in [0.717, 1.165) is 30.2 Å². The van der Waals surface area contributed by atoms with Gasteiger partial charge in [-0.05, 0) is 35.9 Å². The van der Waals surface area contributed by atoms with Crippen LogP contribution in [-0.2, 0) is 11.5 Å². The number of benzene rings is 1. The van der Waals surface area contributed by atoms with Gasteiger partial charge in [0.1, 0.15) is 12.5 Å². The van der Waals surface area contributed by atoms with Crippen LogP contribution in [0.5, 0.6) is 5.75 Å². The topological polar surface area (TPSA) is 47.3 Å². The number of halogens is 1. The van der Waals surface area contributed by atoms with Crippen molar-refractivity contribution >= 4 is 30.6 Å². The van der Waals surface area contributed by atoms with Gasteiger partial charge in [-0.25, -0.2) is 4.68 Å². The Kier molecular flexibility index (Phi) is 4.46. The van der Waals surface area contributed by atoms with E-state index in [2.05, 4.69) is 31.7 Å². The Morgan fingerprint density at radius 3 is 2.70 bits per heavy atom. The average molecular weight is 353 g/mol. The fourth-order valence-electron chi connectivity index (χ4n) is 2.91. The first kappa shape index (κ1) is 16.8. The van der Waals surface area contributed by atoms with Crippen molar-refractivity contribution in [3.8, 4) is 5.75 Å². The Hall–Kier alpha value is -1.04. The molecule has 0 radical (unpaired) electrons. The van der Waals surface area contributed by atoms with Gasteiger partial charge in [-0.15, -0.1) is 0 Å². The van der Waals surface area contributed by atoms with Gasteiger partial charge in [-0.1, -0.05) is 44.2 Å². The molecule has 1 fully saturated rings. The average Bonchev–Trinajstić information content (AvgIpc) is 3.07. The zero-order valence-corrected chi connectivity index (χ0v) is 16.0. The zero-order chi connectivity index (χ0) is 16.8. The predicted molar refractivity (Wildman–Crippen MR) is 97.0 cm³/mol. The molecule has 23 heavy (non-hydrogen) atoms. The maximum Gasteiger partial charge on any atom is 0.162 e. The maximum atomic E-state index is 10.6. The highest BCUT2D eigenvalue weighted by atomic mass is 35.5. The maximum absolute atomic E-state index is 10.6. The minimum absolute atomic E-state index is 0.287. The molecular formula is C17H25ClN2O2Si. The van der Waals surface area contributed by atoms with Crippen LogP contribution < -0.4 is 0 Å². The van der Waals surface area contributed by atoms with E-state index in [4.69, 9.17) is 16.3 Å². The van der Waals surface area contributed by atoms with Crippen molar-refractivity contribution in [1.29, 1.82) is 0 Å². The van der Waals surface area contributed by atoms with Gasteiger partial charge in [0, 0.05) is 14.7 Å². The monoisotopic (exact) mass is 352 g/mol. The van der Waals surface area contributed by atoms with Gasteiger partial charge in [0.15, 0.2) is 5.15 Å². The van der Waals surface area contributed by atoms with Crippen LogP contribution in [0.1, 0.15) is 24.8 Å². The van der Waals surface area contributed by atoms with Gasteiger partial charge in [0.05, 0.1) is 10.9 Å². The second-order valence-corrected chi connectivity index (χ2v) is 13.8. The molecule has 0 aliphatic heterocycles.